The molecule has 0 aliphatic rings. The molecule has 168 valence electrons. The summed E-state index contributed by atoms with van der Waals surface area (Å²) < 4.78 is 10.9. The number of hydrogen-bond acceptors (Lipinski definition) is 7. The number of aromatic nitrogens is 1. The summed E-state index contributed by atoms with van der Waals surface area (Å²) in [6, 6.07) is 21.0. The fraction of sp³-hybridized carbons (Fsp3) is 0.160. The number of ether oxygens (including phenoxy) is 2. The van der Waals surface area contributed by atoms with Crippen molar-refractivity contribution in [1.29, 1.82) is 0 Å². The van der Waals surface area contributed by atoms with Gasteiger partial charge in [-0.3, -0.25) is 4.79 Å². The molecule has 4 aromatic rings. The maximum Gasteiger partial charge on any atom is 0.358 e. The van der Waals surface area contributed by atoms with E-state index in [0.717, 1.165) is 21.8 Å². The van der Waals surface area contributed by atoms with E-state index in [4.69, 9.17) is 9.47 Å². The Balaban J connectivity index is 1.30. The molecule has 1 atom stereocenters. The molecule has 0 saturated carbocycles. The molecule has 0 aliphatic heterocycles. The lowest BCUT2D eigenvalue weighted by Gasteiger charge is -2.18. The van der Waals surface area contributed by atoms with E-state index in [1.807, 2.05) is 79.0 Å². The van der Waals surface area contributed by atoms with E-state index < -0.39 is 5.97 Å². The van der Waals surface area contributed by atoms with Crippen molar-refractivity contribution in [1.82, 2.24) is 10.3 Å². The SMILES string of the molecule is Cc1ccc(OCc2nc(C(=O)OCC(=O)NC(c3ccccc3)c3cccs3)cs2)cc1. The van der Waals surface area contributed by atoms with Gasteiger partial charge in [-0.25, -0.2) is 9.78 Å². The minimum absolute atomic E-state index is 0.160. The van der Waals surface area contributed by atoms with Gasteiger partial charge in [-0.05, 0) is 36.1 Å². The first-order valence-electron chi connectivity index (χ1n) is 10.3. The third-order valence-electron chi connectivity index (χ3n) is 4.74. The molecule has 4 rings (SSSR count). The zero-order valence-corrected chi connectivity index (χ0v) is 19.5. The number of nitrogens with zero attached hydrogens (tertiary/aromatic N) is 1. The average Bonchev–Trinajstić information content (AvgIpc) is 3.54. The molecule has 33 heavy (non-hydrogen) atoms. The van der Waals surface area contributed by atoms with Gasteiger partial charge in [0.1, 0.15) is 17.4 Å². The van der Waals surface area contributed by atoms with Crippen molar-refractivity contribution in [3.8, 4) is 5.75 Å². The Kier molecular flexibility index (Phi) is 7.49. The maximum absolute atomic E-state index is 12.5. The van der Waals surface area contributed by atoms with Crippen LogP contribution < -0.4 is 10.1 Å². The Morgan fingerprint density at radius 1 is 1.00 bits per heavy atom. The molecule has 2 aromatic carbocycles. The van der Waals surface area contributed by atoms with Gasteiger partial charge in [-0.15, -0.1) is 22.7 Å². The molecule has 0 bridgehead atoms. The van der Waals surface area contributed by atoms with Crippen LogP contribution in [0.3, 0.4) is 0 Å². The lowest BCUT2D eigenvalue weighted by Crippen LogP contribution is -2.32. The topological polar surface area (TPSA) is 77.5 Å². The summed E-state index contributed by atoms with van der Waals surface area (Å²) in [4.78, 5) is 30.1. The first kappa shape index (κ1) is 22.7. The highest BCUT2D eigenvalue weighted by molar-refractivity contribution is 7.10. The lowest BCUT2D eigenvalue weighted by atomic mass is 10.1. The van der Waals surface area contributed by atoms with Crippen LogP contribution in [0, 0.1) is 6.92 Å². The zero-order valence-electron chi connectivity index (χ0n) is 17.9. The maximum atomic E-state index is 12.5. The van der Waals surface area contributed by atoms with Gasteiger partial charge in [0.25, 0.3) is 5.91 Å². The second-order valence-corrected chi connectivity index (χ2v) is 9.15. The first-order chi connectivity index (χ1) is 16.1. The van der Waals surface area contributed by atoms with Crippen molar-refractivity contribution in [2.75, 3.05) is 6.61 Å². The van der Waals surface area contributed by atoms with Crippen molar-refractivity contribution in [2.24, 2.45) is 0 Å². The monoisotopic (exact) mass is 478 g/mol. The molecular formula is C25H22N2O4S2. The third-order valence-corrected chi connectivity index (χ3v) is 6.50. The predicted molar refractivity (Wildman–Crippen MR) is 129 cm³/mol. The highest BCUT2D eigenvalue weighted by atomic mass is 32.1. The van der Waals surface area contributed by atoms with Gasteiger partial charge in [0.2, 0.25) is 0 Å². The van der Waals surface area contributed by atoms with E-state index in [0.29, 0.717) is 5.01 Å². The van der Waals surface area contributed by atoms with E-state index in [1.165, 1.54) is 11.3 Å². The highest BCUT2D eigenvalue weighted by Crippen LogP contribution is 2.26. The number of aryl methyl sites for hydroxylation is 1. The molecule has 8 heteroatoms. The highest BCUT2D eigenvalue weighted by Gasteiger charge is 2.20. The fourth-order valence-corrected chi connectivity index (χ4v) is 4.56. The molecule has 6 nitrogen and oxygen atoms in total. The second kappa shape index (κ2) is 10.9. The average molecular weight is 479 g/mol. The molecule has 2 aromatic heterocycles. The number of esters is 1. The van der Waals surface area contributed by atoms with E-state index >= 15 is 0 Å². The van der Waals surface area contributed by atoms with Gasteiger partial charge in [0.15, 0.2) is 12.3 Å². The molecule has 0 aliphatic carbocycles. The molecule has 0 fully saturated rings. The Bertz CT molecular complexity index is 1190. The second-order valence-electron chi connectivity index (χ2n) is 7.23. The first-order valence-corrected chi connectivity index (χ1v) is 12.0. The van der Waals surface area contributed by atoms with Crippen LogP contribution in [0.25, 0.3) is 0 Å². The number of carbonyl (C=O) groups excluding carboxylic acids is 2. The Morgan fingerprint density at radius 3 is 2.52 bits per heavy atom. The van der Waals surface area contributed by atoms with Crippen molar-refractivity contribution in [3.05, 3.63) is 104 Å². The van der Waals surface area contributed by atoms with Gasteiger partial charge in [0.05, 0.1) is 6.04 Å². The Labute approximate surface area is 199 Å². The predicted octanol–water partition coefficient (Wildman–Crippen LogP) is 5.15. The van der Waals surface area contributed by atoms with Gasteiger partial charge >= 0.3 is 5.97 Å². The van der Waals surface area contributed by atoms with Crippen molar-refractivity contribution < 1.29 is 19.1 Å². The fourth-order valence-electron chi connectivity index (χ4n) is 3.08. The summed E-state index contributed by atoms with van der Waals surface area (Å²) in [5, 5.41) is 7.16. The number of thiophene rings is 1. The van der Waals surface area contributed by atoms with Crippen LogP contribution in [0.1, 0.15) is 37.5 Å². The van der Waals surface area contributed by atoms with Crippen LogP contribution in [0.5, 0.6) is 5.75 Å². The number of nitrogens with one attached hydrogen (secondary N) is 1. The molecule has 1 N–H and O–H groups in total. The number of thiazole rings is 1. The number of benzene rings is 2. The van der Waals surface area contributed by atoms with Crippen LogP contribution in [0.4, 0.5) is 0 Å². The van der Waals surface area contributed by atoms with Crippen LogP contribution >= 0.6 is 22.7 Å². The van der Waals surface area contributed by atoms with Gasteiger partial charge in [-0.1, -0.05) is 54.1 Å². The van der Waals surface area contributed by atoms with Crippen molar-refractivity contribution >= 4 is 34.6 Å². The molecule has 0 radical (unpaired) electrons. The van der Waals surface area contributed by atoms with Crippen molar-refractivity contribution in [3.63, 3.8) is 0 Å². The number of hydrogen-bond donors (Lipinski definition) is 1. The minimum atomic E-state index is -0.643. The summed E-state index contributed by atoms with van der Waals surface area (Å²) in [5.41, 5.74) is 2.27. The van der Waals surface area contributed by atoms with Gasteiger partial charge in [-0.2, -0.15) is 0 Å². The smallest absolute Gasteiger partial charge is 0.358 e. The molecule has 1 unspecified atom stereocenters. The molecule has 0 spiro atoms. The summed E-state index contributed by atoms with van der Waals surface area (Å²) in [6.45, 7) is 1.87. The number of rotatable bonds is 9. The largest absolute Gasteiger partial charge is 0.486 e. The minimum Gasteiger partial charge on any atom is -0.486 e. The molecule has 0 saturated heterocycles. The van der Waals surface area contributed by atoms with E-state index in [-0.39, 0.29) is 30.9 Å². The normalized spacial score (nSPS) is 11.5. The summed E-state index contributed by atoms with van der Waals surface area (Å²) in [7, 11) is 0. The van der Waals surface area contributed by atoms with Gasteiger partial charge < -0.3 is 14.8 Å². The molecule has 1 amide bonds. The summed E-state index contributed by atoms with van der Waals surface area (Å²) in [6.07, 6.45) is 0. The Hall–Kier alpha value is -3.49. The zero-order chi connectivity index (χ0) is 23.0. The van der Waals surface area contributed by atoms with E-state index in [1.54, 1.807) is 16.7 Å². The quantitative estimate of drug-likeness (QED) is 0.337. The number of amides is 1. The van der Waals surface area contributed by atoms with Crippen LogP contribution in [-0.4, -0.2) is 23.5 Å². The van der Waals surface area contributed by atoms with E-state index in [2.05, 4.69) is 10.3 Å². The van der Waals surface area contributed by atoms with Crippen LogP contribution in [0.2, 0.25) is 0 Å². The van der Waals surface area contributed by atoms with Crippen LogP contribution in [-0.2, 0) is 16.1 Å². The molecule has 2 heterocycles. The van der Waals surface area contributed by atoms with Gasteiger partial charge in [0, 0.05) is 10.3 Å². The summed E-state index contributed by atoms with van der Waals surface area (Å²) >= 11 is 2.86. The third kappa shape index (κ3) is 6.27. The standard InChI is InChI=1S/C25H22N2O4S2/c1-17-9-11-19(12-10-17)30-15-23-26-20(16-33-23)25(29)31-14-22(28)27-24(21-8-5-13-32-21)18-6-3-2-4-7-18/h2-13,16,24H,14-15H2,1H3,(H,27,28). The van der Waals surface area contributed by atoms with Crippen molar-refractivity contribution in [2.45, 2.75) is 19.6 Å². The lowest BCUT2D eigenvalue weighted by molar-refractivity contribution is -0.124. The molecular weight excluding hydrogens is 456 g/mol. The number of carbonyl (C=O) groups is 2. The van der Waals surface area contributed by atoms with E-state index in [9.17, 15) is 9.59 Å². The van der Waals surface area contributed by atoms with Crippen LogP contribution in [0.15, 0.2) is 77.5 Å². The summed E-state index contributed by atoms with van der Waals surface area (Å²) in [5.74, 6) is -0.297. The Morgan fingerprint density at radius 2 is 1.79 bits per heavy atom.